The van der Waals surface area contributed by atoms with Crippen LogP contribution in [0.1, 0.15) is 5.56 Å². The summed E-state index contributed by atoms with van der Waals surface area (Å²) in [5.41, 5.74) is 2.83. The predicted octanol–water partition coefficient (Wildman–Crippen LogP) is 2.65. The number of rotatable bonds is 0. The first kappa shape index (κ1) is 9.90. The van der Waals surface area contributed by atoms with Crippen LogP contribution in [-0.2, 0) is 0 Å². The Morgan fingerprint density at radius 3 is 2.76 bits per heavy atom. The topological polar surface area (TPSA) is 53.1 Å². The van der Waals surface area contributed by atoms with Gasteiger partial charge < -0.3 is 10.1 Å². The molecule has 0 aromatic heterocycles. The minimum atomic E-state index is -0.326. The molecule has 2 aliphatic rings. The normalized spacial score (nSPS) is 11.1. The maximum Gasteiger partial charge on any atom is 0.229 e. The van der Waals surface area contributed by atoms with Gasteiger partial charge in [-0.05, 0) is 36.1 Å². The SMILES string of the molecule is Cc1cc(O)c(=O)c2cc3ccccc3[nH]c1-2. The van der Waals surface area contributed by atoms with Crippen molar-refractivity contribution < 1.29 is 5.11 Å². The van der Waals surface area contributed by atoms with Crippen molar-refractivity contribution in [1.82, 2.24) is 4.98 Å². The molecule has 3 rings (SSSR count). The van der Waals surface area contributed by atoms with Crippen molar-refractivity contribution in [3.8, 4) is 17.0 Å². The number of aromatic nitrogens is 1. The van der Waals surface area contributed by atoms with E-state index < -0.39 is 0 Å². The summed E-state index contributed by atoms with van der Waals surface area (Å²) in [7, 11) is 0. The monoisotopic (exact) mass is 225 g/mol. The van der Waals surface area contributed by atoms with Gasteiger partial charge in [-0.3, -0.25) is 4.79 Å². The van der Waals surface area contributed by atoms with E-state index in [-0.39, 0.29) is 11.2 Å². The van der Waals surface area contributed by atoms with Gasteiger partial charge in [0.05, 0.1) is 11.3 Å². The number of hydrogen-bond acceptors (Lipinski definition) is 2. The van der Waals surface area contributed by atoms with Crippen LogP contribution in [0, 0.1) is 6.92 Å². The second-order valence-corrected chi connectivity index (χ2v) is 4.19. The lowest BCUT2D eigenvalue weighted by Gasteiger charge is -2.11. The lowest BCUT2D eigenvalue weighted by molar-refractivity contribution is 0.470. The van der Waals surface area contributed by atoms with Crippen molar-refractivity contribution in [1.29, 1.82) is 0 Å². The number of pyridine rings is 1. The molecule has 1 aromatic carbocycles. The molecule has 0 bridgehead atoms. The highest BCUT2D eigenvalue weighted by Gasteiger charge is 2.14. The number of para-hydroxylation sites is 1. The minimum absolute atomic E-state index is 0.196. The van der Waals surface area contributed by atoms with Gasteiger partial charge in [-0.15, -0.1) is 0 Å². The Morgan fingerprint density at radius 1 is 1.18 bits per heavy atom. The summed E-state index contributed by atoms with van der Waals surface area (Å²) in [6.07, 6.45) is 0. The third-order valence-electron chi connectivity index (χ3n) is 3.01. The highest BCUT2D eigenvalue weighted by molar-refractivity contribution is 5.86. The Morgan fingerprint density at radius 2 is 1.94 bits per heavy atom. The standard InChI is InChI=1S/C14H11NO2/c1-8-6-12(16)14(17)10-7-9-4-2-3-5-11(9)15-13(8)10/h2-7,15-16H,1H3. The molecule has 1 aliphatic heterocycles. The van der Waals surface area contributed by atoms with Crippen LogP contribution in [0.3, 0.4) is 0 Å². The van der Waals surface area contributed by atoms with E-state index in [1.165, 1.54) is 6.07 Å². The molecule has 0 radical (unpaired) electrons. The molecule has 0 saturated heterocycles. The third-order valence-corrected chi connectivity index (χ3v) is 3.01. The average Bonchev–Trinajstić information content (AvgIpc) is 2.34. The number of nitrogens with one attached hydrogen (secondary N) is 1. The van der Waals surface area contributed by atoms with E-state index in [1.807, 2.05) is 37.3 Å². The summed E-state index contributed by atoms with van der Waals surface area (Å²) < 4.78 is 0. The van der Waals surface area contributed by atoms with Crippen LogP contribution in [-0.4, -0.2) is 10.1 Å². The van der Waals surface area contributed by atoms with Crippen LogP contribution < -0.4 is 5.43 Å². The van der Waals surface area contributed by atoms with Crippen molar-refractivity contribution in [2.45, 2.75) is 6.92 Å². The van der Waals surface area contributed by atoms with Crippen LogP contribution in [0.5, 0.6) is 5.75 Å². The molecule has 84 valence electrons. The van der Waals surface area contributed by atoms with Crippen molar-refractivity contribution in [3.63, 3.8) is 0 Å². The fourth-order valence-corrected chi connectivity index (χ4v) is 2.14. The molecule has 17 heavy (non-hydrogen) atoms. The van der Waals surface area contributed by atoms with Crippen molar-refractivity contribution in [2.24, 2.45) is 0 Å². The van der Waals surface area contributed by atoms with Crippen molar-refractivity contribution in [3.05, 3.63) is 52.2 Å². The van der Waals surface area contributed by atoms with Gasteiger partial charge in [0, 0.05) is 5.52 Å². The van der Waals surface area contributed by atoms with E-state index in [0.717, 1.165) is 22.2 Å². The van der Waals surface area contributed by atoms with E-state index in [9.17, 15) is 9.90 Å². The molecule has 0 saturated carbocycles. The molecule has 3 heteroatoms. The lowest BCUT2D eigenvalue weighted by atomic mass is 10.0. The first-order chi connectivity index (χ1) is 8.16. The van der Waals surface area contributed by atoms with Gasteiger partial charge in [-0.25, -0.2) is 0 Å². The summed E-state index contributed by atoms with van der Waals surface area (Å²) >= 11 is 0. The van der Waals surface area contributed by atoms with Crippen molar-refractivity contribution in [2.75, 3.05) is 0 Å². The smallest absolute Gasteiger partial charge is 0.229 e. The second-order valence-electron chi connectivity index (χ2n) is 4.19. The maximum atomic E-state index is 11.9. The van der Waals surface area contributed by atoms with Crippen LogP contribution in [0.2, 0.25) is 0 Å². The molecule has 3 nitrogen and oxygen atoms in total. The molecule has 0 amide bonds. The summed E-state index contributed by atoms with van der Waals surface area (Å²) in [5.74, 6) is -0.196. The van der Waals surface area contributed by atoms with E-state index in [1.54, 1.807) is 0 Å². The number of phenolic OH excluding ortho intramolecular Hbond substituents is 1. The summed E-state index contributed by atoms with van der Waals surface area (Å²) in [4.78, 5) is 15.1. The van der Waals surface area contributed by atoms with Gasteiger partial charge in [0.2, 0.25) is 5.43 Å². The largest absolute Gasteiger partial charge is 0.504 e. The zero-order valence-corrected chi connectivity index (χ0v) is 9.32. The Kier molecular flexibility index (Phi) is 1.95. The first-order valence-electron chi connectivity index (χ1n) is 5.41. The molecule has 1 aliphatic carbocycles. The molecular formula is C14H11NO2. The zero-order valence-electron chi connectivity index (χ0n) is 9.32. The highest BCUT2D eigenvalue weighted by atomic mass is 16.3. The molecular weight excluding hydrogens is 214 g/mol. The maximum absolute atomic E-state index is 11.9. The number of benzene rings is 2. The van der Waals surface area contributed by atoms with E-state index in [0.29, 0.717) is 5.56 Å². The fraction of sp³-hybridized carbons (Fsp3) is 0.0714. The zero-order chi connectivity index (χ0) is 12.0. The summed E-state index contributed by atoms with van der Waals surface area (Å²) in [6, 6.07) is 11.1. The van der Waals surface area contributed by atoms with E-state index in [4.69, 9.17) is 0 Å². The molecule has 0 fully saturated rings. The van der Waals surface area contributed by atoms with Crippen LogP contribution in [0.15, 0.2) is 41.2 Å². The van der Waals surface area contributed by atoms with Gasteiger partial charge >= 0.3 is 0 Å². The second kappa shape index (κ2) is 3.35. The molecule has 1 heterocycles. The molecule has 0 unspecified atom stereocenters. The van der Waals surface area contributed by atoms with Gasteiger partial charge in [0.25, 0.3) is 0 Å². The predicted molar refractivity (Wildman–Crippen MR) is 67.6 cm³/mol. The Bertz CT molecular complexity index is 743. The fourth-order valence-electron chi connectivity index (χ4n) is 2.14. The Balaban J connectivity index is 2.56. The number of fused-ring (bicyclic) bond motifs is 2. The minimum Gasteiger partial charge on any atom is -0.504 e. The number of aryl methyl sites for hydroxylation is 1. The highest BCUT2D eigenvalue weighted by Crippen LogP contribution is 2.27. The Labute approximate surface area is 97.7 Å². The number of H-pyrrole nitrogens is 1. The number of phenols is 1. The first-order valence-corrected chi connectivity index (χ1v) is 5.41. The van der Waals surface area contributed by atoms with Gasteiger partial charge in [0.1, 0.15) is 0 Å². The Hall–Kier alpha value is -2.29. The number of aromatic hydroxyl groups is 1. The summed E-state index contributed by atoms with van der Waals surface area (Å²) in [6.45, 7) is 1.87. The average molecular weight is 225 g/mol. The molecule has 0 spiro atoms. The van der Waals surface area contributed by atoms with Crippen LogP contribution in [0.25, 0.3) is 22.2 Å². The third kappa shape index (κ3) is 1.40. The van der Waals surface area contributed by atoms with Gasteiger partial charge in [-0.2, -0.15) is 0 Å². The van der Waals surface area contributed by atoms with Gasteiger partial charge in [-0.1, -0.05) is 18.2 Å². The van der Waals surface area contributed by atoms with Crippen LogP contribution in [0.4, 0.5) is 0 Å². The van der Waals surface area contributed by atoms with E-state index >= 15 is 0 Å². The number of aromatic amines is 1. The lowest BCUT2D eigenvalue weighted by Crippen LogP contribution is -2.08. The van der Waals surface area contributed by atoms with E-state index in [2.05, 4.69) is 4.98 Å². The number of hydrogen-bond donors (Lipinski definition) is 2. The summed E-state index contributed by atoms with van der Waals surface area (Å²) in [5, 5.41) is 10.5. The molecule has 2 N–H and O–H groups in total. The van der Waals surface area contributed by atoms with Gasteiger partial charge in [0.15, 0.2) is 5.75 Å². The molecule has 0 atom stereocenters. The van der Waals surface area contributed by atoms with Crippen molar-refractivity contribution >= 4 is 10.9 Å². The van der Waals surface area contributed by atoms with Crippen LogP contribution >= 0.6 is 0 Å². The quantitative estimate of drug-likeness (QED) is 0.578. The molecule has 1 aromatic rings.